The summed E-state index contributed by atoms with van der Waals surface area (Å²) in [5, 5.41) is 0. The lowest BCUT2D eigenvalue weighted by Gasteiger charge is -2.21. The Morgan fingerprint density at radius 2 is 2.18 bits per heavy atom. The number of ether oxygens (including phenoxy) is 1. The highest BCUT2D eigenvalue weighted by molar-refractivity contribution is 5.91. The molecule has 7 heteroatoms. The monoisotopic (exact) mass is 302 g/mol. The molecule has 1 saturated heterocycles. The predicted molar refractivity (Wildman–Crippen MR) is 80.0 cm³/mol. The summed E-state index contributed by atoms with van der Waals surface area (Å²) in [6.07, 6.45) is 4.05. The second kappa shape index (κ2) is 6.46. The Morgan fingerprint density at radius 1 is 1.27 bits per heavy atom. The van der Waals surface area contributed by atoms with E-state index < -0.39 is 0 Å². The normalized spacial score (nSPS) is 15.5. The van der Waals surface area contributed by atoms with Crippen LogP contribution in [0.25, 0.3) is 0 Å². The summed E-state index contributed by atoms with van der Waals surface area (Å²) >= 11 is 0. The van der Waals surface area contributed by atoms with Crippen LogP contribution in [0.3, 0.4) is 0 Å². The second-order valence-corrected chi connectivity index (χ2v) is 5.01. The van der Waals surface area contributed by atoms with Gasteiger partial charge in [-0.05, 0) is 18.6 Å². The first-order valence-electron chi connectivity index (χ1n) is 7.22. The molecule has 0 atom stereocenters. The number of nitrogens with zero attached hydrogens (tertiary/aromatic N) is 4. The van der Waals surface area contributed by atoms with Gasteiger partial charge in [0.1, 0.15) is 0 Å². The van der Waals surface area contributed by atoms with Crippen molar-refractivity contribution < 1.29 is 13.9 Å². The number of furan rings is 1. The van der Waals surface area contributed by atoms with Crippen LogP contribution < -0.4 is 9.64 Å². The zero-order valence-corrected chi connectivity index (χ0v) is 12.4. The van der Waals surface area contributed by atoms with Gasteiger partial charge in [-0.25, -0.2) is 4.98 Å². The Hall–Kier alpha value is -2.57. The molecule has 0 aliphatic carbocycles. The van der Waals surface area contributed by atoms with Crippen molar-refractivity contribution in [3.8, 4) is 5.88 Å². The van der Waals surface area contributed by atoms with E-state index in [0.29, 0.717) is 37.2 Å². The van der Waals surface area contributed by atoms with Gasteiger partial charge < -0.3 is 19.0 Å². The third-order valence-electron chi connectivity index (χ3n) is 3.62. The summed E-state index contributed by atoms with van der Waals surface area (Å²) in [6, 6.07) is 5.13. The maximum atomic E-state index is 12.3. The van der Waals surface area contributed by atoms with Gasteiger partial charge in [-0.15, -0.1) is 0 Å². The molecule has 7 nitrogen and oxygen atoms in total. The molecule has 3 heterocycles. The molecule has 0 N–H and O–H groups in total. The van der Waals surface area contributed by atoms with Crippen molar-refractivity contribution in [3.05, 3.63) is 36.4 Å². The molecule has 1 amide bonds. The molecule has 0 unspecified atom stereocenters. The molecular weight excluding hydrogens is 284 g/mol. The Morgan fingerprint density at radius 3 is 2.95 bits per heavy atom. The maximum Gasteiger partial charge on any atom is 0.289 e. The van der Waals surface area contributed by atoms with E-state index in [0.717, 1.165) is 13.0 Å². The summed E-state index contributed by atoms with van der Waals surface area (Å²) in [6.45, 7) is 2.79. The van der Waals surface area contributed by atoms with E-state index in [-0.39, 0.29) is 5.91 Å². The van der Waals surface area contributed by atoms with Crippen LogP contribution in [0.2, 0.25) is 0 Å². The van der Waals surface area contributed by atoms with Crippen molar-refractivity contribution in [1.29, 1.82) is 0 Å². The van der Waals surface area contributed by atoms with Crippen LogP contribution in [0.4, 0.5) is 5.95 Å². The molecular formula is C15H18N4O3. The molecule has 0 saturated carbocycles. The molecule has 1 aliphatic heterocycles. The molecule has 1 fully saturated rings. The zero-order valence-electron chi connectivity index (χ0n) is 12.4. The van der Waals surface area contributed by atoms with E-state index in [1.807, 2.05) is 0 Å². The third kappa shape index (κ3) is 3.03. The molecule has 0 radical (unpaired) electrons. The van der Waals surface area contributed by atoms with E-state index >= 15 is 0 Å². The van der Waals surface area contributed by atoms with E-state index in [4.69, 9.17) is 9.15 Å². The fraction of sp³-hybridized carbons (Fsp3) is 0.400. The molecule has 1 aliphatic rings. The molecule has 22 heavy (non-hydrogen) atoms. The van der Waals surface area contributed by atoms with Crippen molar-refractivity contribution in [3.63, 3.8) is 0 Å². The maximum absolute atomic E-state index is 12.3. The van der Waals surface area contributed by atoms with Gasteiger partial charge in [-0.1, -0.05) is 0 Å². The van der Waals surface area contributed by atoms with E-state index in [1.165, 1.54) is 6.26 Å². The molecule has 116 valence electrons. The van der Waals surface area contributed by atoms with Gasteiger partial charge in [0.2, 0.25) is 11.8 Å². The highest BCUT2D eigenvalue weighted by Gasteiger charge is 2.23. The number of rotatable bonds is 3. The van der Waals surface area contributed by atoms with Gasteiger partial charge in [0.25, 0.3) is 5.91 Å². The first kappa shape index (κ1) is 14.4. The summed E-state index contributed by atoms with van der Waals surface area (Å²) in [5.74, 6) is 1.48. The number of methoxy groups -OCH3 is 1. The number of anilines is 1. The topological polar surface area (TPSA) is 71.7 Å². The van der Waals surface area contributed by atoms with Gasteiger partial charge in [0.05, 0.1) is 13.4 Å². The van der Waals surface area contributed by atoms with E-state index in [1.54, 1.807) is 36.4 Å². The highest BCUT2D eigenvalue weighted by Crippen LogP contribution is 2.16. The van der Waals surface area contributed by atoms with Crippen LogP contribution in [0.15, 0.2) is 35.1 Å². The summed E-state index contributed by atoms with van der Waals surface area (Å²) in [4.78, 5) is 24.8. The van der Waals surface area contributed by atoms with Crippen LogP contribution in [0.1, 0.15) is 17.0 Å². The number of aromatic nitrogens is 2. The van der Waals surface area contributed by atoms with E-state index in [2.05, 4.69) is 14.9 Å². The van der Waals surface area contributed by atoms with Gasteiger partial charge in [0, 0.05) is 38.4 Å². The van der Waals surface area contributed by atoms with Gasteiger partial charge in [-0.3, -0.25) is 4.79 Å². The Balaban J connectivity index is 1.68. The number of hydrogen-bond acceptors (Lipinski definition) is 6. The minimum Gasteiger partial charge on any atom is -0.481 e. The Kier molecular flexibility index (Phi) is 4.22. The largest absolute Gasteiger partial charge is 0.481 e. The highest BCUT2D eigenvalue weighted by atomic mass is 16.5. The molecule has 0 aromatic carbocycles. The Labute approximate surface area is 128 Å². The molecule has 2 aromatic heterocycles. The lowest BCUT2D eigenvalue weighted by atomic mass is 10.3. The van der Waals surface area contributed by atoms with Crippen molar-refractivity contribution in [2.45, 2.75) is 6.42 Å². The Bertz CT molecular complexity index is 629. The predicted octanol–water partition coefficient (Wildman–Crippen LogP) is 1.43. The number of carbonyl (C=O) groups excluding carboxylic acids is 1. The lowest BCUT2D eigenvalue weighted by molar-refractivity contribution is 0.0735. The van der Waals surface area contributed by atoms with Crippen LogP contribution in [-0.4, -0.2) is 54.1 Å². The van der Waals surface area contributed by atoms with Crippen LogP contribution in [0.5, 0.6) is 5.88 Å². The molecule has 0 spiro atoms. The average Bonchev–Trinajstić information content (AvgIpc) is 2.98. The standard InChI is InChI=1S/C15H18N4O3/c1-21-13-5-6-16-15(17-13)19-8-3-7-18(9-10-19)14(20)12-4-2-11-22-12/h2,4-6,11H,3,7-10H2,1H3. The van der Waals surface area contributed by atoms with Crippen molar-refractivity contribution in [1.82, 2.24) is 14.9 Å². The van der Waals surface area contributed by atoms with Crippen LogP contribution >= 0.6 is 0 Å². The lowest BCUT2D eigenvalue weighted by Crippen LogP contribution is -2.35. The van der Waals surface area contributed by atoms with Crippen molar-refractivity contribution in [2.75, 3.05) is 38.2 Å². The smallest absolute Gasteiger partial charge is 0.289 e. The fourth-order valence-corrected chi connectivity index (χ4v) is 2.48. The van der Waals surface area contributed by atoms with Crippen molar-refractivity contribution >= 4 is 11.9 Å². The first-order chi connectivity index (χ1) is 10.8. The SMILES string of the molecule is COc1ccnc(N2CCCN(C(=O)c3ccco3)CC2)n1. The van der Waals surface area contributed by atoms with Crippen LogP contribution in [0, 0.1) is 0 Å². The summed E-state index contributed by atoms with van der Waals surface area (Å²) in [7, 11) is 1.58. The van der Waals surface area contributed by atoms with Crippen molar-refractivity contribution in [2.24, 2.45) is 0 Å². The molecule has 3 rings (SSSR count). The first-order valence-corrected chi connectivity index (χ1v) is 7.22. The third-order valence-corrected chi connectivity index (χ3v) is 3.62. The minimum atomic E-state index is -0.0709. The quantitative estimate of drug-likeness (QED) is 0.854. The fourth-order valence-electron chi connectivity index (χ4n) is 2.48. The number of carbonyl (C=O) groups is 1. The molecule has 2 aromatic rings. The van der Waals surface area contributed by atoms with Crippen LogP contribution in [-0.2, 0) is 0 Å². The summed E-state index contributed by atoms with van der Waals surface area (Å²) < 4.78 is 10.3. The van der Waals surface area contributed by atoms with Gasteiger partial charge in [-0.2, -0.15) is 4.98 Å². The average molecular weight is 302 g/mol. The number of amides is 1. The summed E-state index contributed by atoms with van der Waals surface area (Å²) in [5.41, 5.74) is 0. The van der Waals surface area contributed by atoms with E-state index in [9.17, 15) is 4.79 Å². The second-order valence-electron chi connectivity index (χ2n) is 5.01. The zero-order chi connectivity index (χ0) is 15.4. The minimum absolute atomic E-state index is 0.0709. The number of hydrogen-bond donors (Lipinski definition) is 0. The molecule has 0 bridgehead atoms. The van der Waals surface area contributed by atoms with Gasteiger partial charge >= 0.3 is 0 Å². The van der Waals surface area contributed by atoms with Gasteiger partial charge in [0.15, 0.2) is 5.76 Å².